The number of rotatable bonds is 6. The molecule has 0 spiro atoms. The molecule has 3 heterocycles. The van der Waals surface area contributed by atoms with Crippen LogP contribution in [0.3, 0.4) is 0 Å². The van der Waals surface area contributed by atoms with Crippen LogP contribution in [0.2, 0.25) is 0 Å². The summed E-state index contributed by atoms with van der Waals surface area (Å²) in [6.07, 6.45) is -1.67. The second kappa shape index (κ2) is 7.08. The Hall–Kier alpha value is -1.79. The monoisotopic (exact) mass is 375 g/mol. The summed E-state index contributed by atoms with van der Waals surface area (Å²) in [5.41, 5.74) is -6.75. The number of carbonyl (C=O) groups is 3. The van der Waals surface area contributed by atoms with Crippen LogP contribution in [0.1, 0.15) is 26.7 Å². The van der Waals surface area contributed by atoms with Crippen molar-refractivity contribution in [2.75, 3.05) is 19.8 Å². The summed E-state index contributed by atoms with van der Waals surface area (Å²) in [5.74, 6) is -3.10. The van der Waals surface area contributed by atoms with Gasteiger partial charge in [-0.05, 0) is 19.8 Å². The Morgan fingerprint density at radius 2 is 2.08 bits per heavy atom. The minimum absolute atomic E-state index is 0.126. The fraction of sp³-hybridized carbons (Fsp3) is 0.800. The number of ether oxygens (including phenoxy) is 1. The van der Waals surface area contributed by atoms with E-state index in [0.717, 1.165) is 6.92 Å². The lowest BCUT2D eigenvalue weighted by molar-refractivity contribution is -0.241. The quantitative estimate of drug-likeness (QED) is 0.248. The lowest BCUT2D eigenvalue weighted by Gasteiger charge is -2.51. The number of aliphatic hydroxyl groups is 4. The van der Waals surface area contributed by atoms with Crippen molar-refractivity contribution in [2.24, 2.45) is 5.92 Å². The van der Waals surface area contributed by atoms with Crippen LogP contribution in [0.4, 0.5) is 0 Å². The molecule has 3 aliphatic rings. The van der Waals surface area contributed by atoms with Crippen LogP contribution in [0, 0.1) is 5.92 Å². The number of aliphatic hydroxyl groups excluding tert-OH is 2. The second-order valence-corrected chi connectivity index (χ2v) is 6.93. The van der Waals surface area contributed by atoms with Crippen molar-refractivity contribution in [1.82, 2.24) is 16.0 Å². The first kappa shape index (κ1) is 20.5. The van der Waals surface area contributed by atoms with Crippen LogP contribution in [-0.2, 0) is 19.1 Å². The van der Waals surface area contributed by atoms with Crippen molar-refractivity contribution in [3.05, 3.63) is 0 Å². The largest absolute Gasteiger partial charge is 0.393 e. The highest BCUT2D eigenvalue weighted by molar-refractivity contribution is 6.01. The Balaban J connectivity index is 2.28. The molecule has 0 aliphatic carbocycles. The molecule has 3 fully saturated rings. The highest BCUT2D eigenvalue weighted by atomic mass is 16.5. The number of hydrogen-bond acceptors (Lipinski definition) is 8. The van der Waals surface area contributed by atoms with Gasteiger partial charge in [-0.25, -0.2) is 0 Å². The van der Waals surface area contributed by atoms with Crippen LogP contribution < -0.4 is 16.0 Å². The van der Waals surface area contributed by atoms with Crippen molar-refractivity contribution < 1.29 is 39.5 Å². The number of piperazine rings is 1. The molecule has 3 aliphatic heterocycles. The van der Waals surface area contributed by atoms with E-state index in [2.05, 4.69) is 16.0 Å². The lowest BCUT2D eigenvalue weighted by atomic mass is 9.81. The van der Waals surface area contributed by atoms with Crippen LogP contribution in [0.5, 0.6) is 0 Å². The first-order valence-electron chi connectivity index (χ1n) is 8.27. The Morgan fingerprint density at radius 1 is 1.42 bits per heavy atom. The van der Waals surface area contributed by atoms with Crippen LogP contribution in [0.25, 0.3) is 0 Å². The maximum absolute atomic E-state index is 12.6. The van der Waals surface area contributed by atoms with Gasteiger partial charge in [-0.2, -0.15) is 0 Å². The van der Waals surface area contributed by atoms with Gasteiger partial charge in [-0.15, -0.1) is 0 Å². The summed E-state index contributed by atoms with van der Waals surface area (Å²) in [4.78, 5) is 36.1. The number of fused-ring (bicyclic) bond motifs is 5. The molecule has 0 aromatic rings. The zero-order chi connectivity index (χ0) is 19.8. The predicted octanol–water partition coefficient (Wildman–Crippen LogP) is -3.72. The van der Waals surface area contributed by atoms with Crippen molar-refractivity contribution in [2.45, 2.75) is 49.8 Å². The Morgan fingerprint density at radius 3 is 2.65 bits per heavy atom. The lowest BCUT2D eigenvalue weighted by Crippen LogP contribution is -2.83. The smallest absolute Gasteiger partial charge is 0.278 e. The third-order valence-electron chi connectivity index (χ3n) is 4.83. The number of carbonyl (C=O) groups excluding carboxylic acids is 3. The molecule has 11 heteroatoms. The van der Waals surface area contributed by atoms with E-state index in [1.54, 1.807) is 0 Å². The normalized spacial score (nSPS) is 34.8. The molecule has 0 unspecified atom stereocenters. The first-order valence-corrected chi connectivity index (χ1v) is 8.27. The van der Waals surface area contributed by atoms with Gasteiger partial charge in [0.1, 0.15) is 11.7 Å². The van der Waals surface area contributed by atoms with Crippen LogP contribution in [-0.4, -0.2) is 81.1 Å². The minimum Gasteiger partial charge on any atom is -0.393 e. The maximum atomic E-state index is 12.6. The average molecular weight is 375 g/mol. The van der Waals surface area contributed by atoms with Gasteiger partial charge in [0.15, 0.2) is 0 Å². The number of amides is 3. The van der Waals surface area contributed by atoms with E-state index in [4.69, 9.17) is 4.74 Å². The topological polar surface area (TPSA) is 177 Å². The van der Waals surface area contributed by atoms with Crippen molar-refractivity contribution in [3.63, 3.8) is 0 Å². The van der Waals surface area contributed by atoms with Gasteiger partial charge in [-0.1, -0.05) is 0 Å². The van der Waals surface area contributed by atoms with Gasteiger partial charge in [0.25, 0.3) is 17.5 Å². The molecule has 2 bridgehead atoms. The van der Waals surface area contributed by atoms with Crippen LogP contribution >= 0.6 is 0 Å². The third kappa shape index (κ3) is 3.40. The second-order valence-electron chi connectivity index (χ2n) is 6.93. The summed E-state index contributed by atoms with van der Waals surface area (Å²) in [5, 5.41) is 47.3. The SMILES string of the molecule is CC(=O)NCC[C@@H]1CCO[C@]2([C@@H](O)[C@@](C)(O)CO)NC(=O)[C@@]1(O)NC2=O. The van der Waals surface area contributed by atoms with Gasteiger partial charge >= 0.3 is 0 Å². The van der Waals surface area contributed by atoms with Gasteiger partial charge < -0.3 is 41.1 Å². The summed E-state index contributed by atoms with van der Waals surface area (Å²) in [6.45, 7) is 1.56. The van der Waals surface area contributed by atoms with E-state index in [-0.39, 0.29) is 31.9 Å². The molecule has 0 saturated carbocycles. The molecule has 0 aromatic heterocycles. The van der Waals surface area contributed by atoms with E-state index in [0.29, 0.717) is 0 Å². The average Bonchev–Trinajstić information content (AvgIpc) is 2.55. The molecule has 11 nitrogen and oxygen atoms in total. The molecule has 3 amide bonds. The first-order chi connectivity index (χ1) is 12.0. The molecule has 148 valence electrons. The zero-order valence-corrected chi connectivity index (χ0v) is 14.6. The van der Waals surface area contributed by atoms with Gasteiger partial charge in [0, 0.05) is 19.4 Å². The van der Waals surface area contributed by atoms with E-state index >= 15 is 0 Å². The molecule has 26 heavy (non-hydrogen) atoms. The summed E-state index contributed by atoms with van der Waals surface area (Å²) in [7, 11) is 0. The molecular formula is C15H25N3O8. The highest BCUT2D eigenvalue weighted by Crippen LogP contribution is 2.35. The summed E-state index contributed by atoms with van der Waals surface area (Å²) >= 11 is 0. The molecular weight excluding hydrogens is 350 g/mol. The maximum Gasteiger partial charge on any atom is 0.278 e. The van der Waals surface area contributed by atoms with Crippen molar-refractivity contribution >= 4 is 17.7 Å². The molecule has 7 N–H and O–H groups in total. The van der Waals surface area contributed by atoms with Crippen molar-refractivity contribution in [3.8, 4) is 0 Å². The molecule has 0 radical (unpaired) electrons. The summed E-state index contributed by atoms with van der Waals surface area (Å²) in [6, 6.07) is 0. The van der Waals surface area contributed by atoms with Gasteiger partial charge in [0.05, 0.1) is 13.2 Å². The minimum atomic E-state index is -2.35. The van der Waals surface area contributed by atoms with Gasteiger partial charge in [-0.3, -0.25) is 14.4 Å². The summed E-state index contributed by atoms with van der Waals surface area (Å²) < 4.78 is 5.43. The highest BCUT2D eigenvalue weighted by Gasteiger charge is 2.64. The Bertz CT molecular complexity index is 597. The predicted molar refractivity (Wildman–Crippen MR) is 85.0 cm³/mol. The third-order valence-corrected chi connectivity index (χ3v) is 4.83. The standard InChI is InChI=1S/C15H25N3O8/c1-8(20)16-5-3-9-4-6-26-15(10(21)13(2,24)7-19)12(23)17-14(9,25)11(22)18-15/h9-10,19,21,24-25H,3-7H2,1-2H3,(H,16,20)(H,17,23)(H,18,22)/t9-,10+,13+,14-,15+/m1/s1. The van der Waals surface area contributed by atoms with Crippen LogP contribution in [0.15, 0.2) is 0 Å². The van der Waals surface area contributed by atoms with E-state index < -0.39 is 47.5 Å². The molecule has 5 atom stereocenters. The Kier molecular flexibility index (Phi) is 5.59. The van der Waals surface area contributed by atoms with Gasteiger partial charge in [0.2, 0.25) is 11.6 Å². The number of nitrogens with one attached hydrogen (secondary N) is 3. The fourth-order valence-electron chi connectivity index (χ4n) is 3.18. The van der Waals surface area contributed by atoms with E-state index in [9.17, 15) is 34.8 Å². The molecule has 3 saturated heterocycles. The fourth-order valence-corrected chi connectivity index (χ4v) is 3.18. The number of hydrogen-bond donors (Lipinski definition) is 7. The zero-order valence-electron chi connectivity index (χ0n) is 14.6. The Labute approximate surface area is 149 Å². The molecule has 3 rings (SSSR count). The van der Waals surface area contributed by atoms with E-state index in [1.165, 1.54) is 6.92 Å². The van der Waals surface area contributed by atoms with Crippen molar-refractivity contribution in [1.29, 1.82) is 0 Å². The molecule has 0 aromatic carbocycles. The van der Waals surface area contributed by atoms with E-state index in [1.807, 2.05) is 0 Å².